The quantitative estimate of drug-likeness (QED) is 0.202. The van der Waals surface area contributed by atoms with Crippen LogP contribution >= 0.6 is 0 Å². The molecule has 0 bridgehead atoms. The minimum absolute atomic E-state index is 0.0153. The summed E-state index contributed by atoms with van der Waals surface area (Å²) in [5.74, 6) is -1.39. The Balaban J connectivity index is 0.903. The van der Waals surface area contributed by atoms with E-state index < -0.39 is 11.5 Å². The van der Waals surface area contributed by atoms with Gasteiger partial charge in [-0.15, -0.1) is 0 Å². The van der Waals surface area contributed by atoms with Crippen LogP contribution in [0.3, 0.4) is 0 Å². The molecule has 3 atom stereocenters. The predicted octanol–water partition coefficient (Wildman–Crippen LogP) is 4.16. The first-order valence-corrected chi connectivity index (χ1v) is 17.7. The van der Waals surface area contributed by atoms with Crippen molar-refractivity contribution in [2.45, 2.75) is 57.3 Å². The minimum Gasteiger partial charge on any atom is -0.872 e. The maximum Gasteiger partial charge on any atom is 0.261 e. The number of aliphatic hydroxyl groups is 1. The van der Waals surface area contributed by atoms with Gasteiger partial charge in [-0.1, -0.05) is 69.0 Å². The number of amides is 4. The number of allylic oxidation sites excluding steroid dienone is 1. The van der Waals surface area contributed by atoms with Crippen LogP contribution in [-0.4, -0.2) is 50.7 Å². The van der Waals surface area contributed by atoms with Gasteiger partial charge in [0.15, 0.2) is 0 Å². The van der Waals surface area contributed by atoms with Gasteiger partial charge >= 0.3 is 0 Å². The molecule has 9 rings (SSSR count). The lowest BCUT2D eigenvalue weighted by atomic mass is 9.79. The van der Waals surface area contributed by atoms with E-state index in [2.05, 4.69) is 17.6 Å². The van der Waals surface area contributed by atoms with Crippen molar-refractivity contribution in [3.05, 3.63) is 164 Å². The fourth-order valence-electron chi connectivity index (χ4n) is 8.31. The SMILES string of the molecule is CC1c2cc(CN3C(=O)c4ccccc4C3=O)ccc2[NH2+]C1C=C1C([O-])=C(C=C2Nc3ccc(CN4C(=O)c5ccccc5C4=O)cc3C2(C)C)C1O. The minimum atomic E-state index is -1.03. The van der Waals surface area contributed by atoms with Crippen LogP contribution in [0.1, 0.15) is 90.4 Å². The van der Waals surface area contributed by atoms with E-state index in [9.17, 15) is 29.4 Å². The molecule has 4 heterocycles. The molecule has 4 amide bonds. The summed E-state index contributed by atoms with van der Waals surface area (Å²) in [7, 11) is 0. The summed E-state index contributed by atoms with van der Waals surface area (Å²) in [5.41, 5.74) is 8.14. The van der Waals surface area contributed by atoms with Gasteiger partial charge in [0, 0.05) is 28.3 Å². The van der Waals surface area contributed by atoms with Crippen molar-refractivity contribution < 1.29 is 34.7 Å². The molecule has 4 aliphatic heterocycles. The highest BCUT2D eigenvalue weighted by molar-refractivity contribution is 6.22. The Morgan fingerprint density at radius 3 is 1.87 bits per heavy atom. The molecular formula is C43H36N4O6. The zero-order chi connectivity index (χ0) is 36.9. The van der Waals surface area contributed by atoms with Gasteiger partial charge in [0.05, 0.1) is 35.3 Å². The number of anilines is 1. The Morgan fingerprint density at radius 2 is 1.32 bits per heavy atom. The molecule has 3 unspecified atom stereocenters. The Hall–Kier alpha value is -6.10. The third-order valence-electron chi connectivity index (χ3n) is 11.5. The van der Waals surface area contributed by atoms with Gasteiger partial charge in [-0.3, -0.25) is 29.0 Å². The van der Waals surface area contributed by atoms with Gasteiger partial charge in [-0.25, -0.2) is 0 Å². The number of hydrogen-bond donors (Lipinski definition) is 3. The van der Waals surface area contributed by atoms with E-state index in [1.54, 1.807) is 54.6 Å². The zero-order valence-corrected chi connectivity index (χ0v) is 29.3. The van der Waals surface area contributed by atoms with Crippen LogP contribution in [0.4, 0.5) is 11.4 Å². The molecule has 0 saturated carbocycles. The smallest absolute Gasteiger partial charge is 0.261 e. The molecule has 4 N–H and O–H groups in total. The number of rotatable bonds is 6. The molecule has 4 aromatic carbocycles. The number of nitrogens with zero attached hydrogens (tertiary/aromatic N) is 2. The van der Waals surface area contributed by atoms with Gasteiger partial charge in [0.25, 0.3) is 23.6 Å². The highest BCUT2D eigenvalue weighted by Gasteiger charge is 2.41. The molecule has 0 spiro atoms. The lowest BCUT2D eigenvalue weighted by molar-refractivity contribution is -0.591. The second-order valence-electron chi connectivity index (χ2n) is 15.0. The average Bonchev–Trinajstić information content (AvgIpc) is 3.78. The van der Waals surface area contributed by atoms with Crippen molar-refractivity contribution in [2.75, 3.05) is 5.32 Å². The molecule has 1 aliphatic carbocycles. The van der Waals surface area contributed by atoms with Crippen molar-refractivity contribution in [1.82, 2.24) is 9.80 Å². The van der Waals surface area contributed by atoms with Crippen molar-refractivity contribution in [3.63, 3.8) is 0 Å². The molecule has 0 fully saturated rings. The first-order valence-electron chi connectivity index (χ1n) is 17.7. The lowest BCUT2D eigenvalue weighted by Crippen LogP contribution is -2.82. The number of benzene rings is 4. The maximum absolute atomic E-state index is 13.5. The van der Waals surface area contributed by atoms with E-state index in [4.69, 9.17) is 0 Å². The molecule has 0 aromatic heterocycles. The van der Waals surface area contributed by atoms with E-state index in [0.29, 0.717) is 33.4 Å². The largest absolute Gasteiger partial charge is 0.872 e. The van der Waals surface area contributed by atoms with Crippen LogP contribution in [0.2, 0.25) is 0 Å². The van der Waals surface area contributed by atoms with Gasteiger partial charge in [0.1, 0.15) is 17.8 Å². The van der Waals surface area contributed by atoms with Crippen LogP contribution in [-0.2, 0) is 18.5 Å². The number of nitrogens with one attached hydrogen (secondary N) is 1. The highest BCUT2D eigenvalue weighted by Crippen LogP contribution is 2.46. The molecular weight excluding hydrogens is 668 g/mol. The third kappa shape index (κ3) is 4.93. The van der Waals surface area contributed by atoms with E-state index in [0.717, 1.165) is 39.3 Å². The summed E-state index contributed by atoms with van der Waals surface area (Å²) in [5, 5.41) is 30.3. The van der Waals surface area contributed by atoms with Crippen LogP contribution in [0, 0.1) is 0 Å². The zero-order valence-electron chi connectivity index (χ0n) is 29.3. The number of aliphatic hydroxyl groups excluding tert-OH is 1. The summed E-state index contributed by atoms with van der Waals surface area (Å²) < 4.78 is 0. The summed E-state index contributed by atoms with van der Waals surface area (Å²) in [6.07, 6.45) is 2.57. The van der Waals surface area contributed by atoms with E-state index >= 15 is 0 Å². The first kappa shape index (κ1) is 32.8. The standard InChI is InChI=1S/C43H36N4O6/c1-22-29-16-23(20-46-39(50)25-8-4-5-9-26(25)40(46)51)12-14-33(29)44-35(22)18-30-37(48)31(38(30)49)19-36-43(2,3)32-17-24(13-15-34(32)45-36)21-47-41(52)27-10-6-7-11-28(27)42(47)53/h4-19,22,35,37,44-45,48-49H,20-21H2,1-3H3. The van der Waals surface area contributed by atoms with Gasteiger partial charge in [-0.2, -0.15) is 0 Å². The molecule has 4 aromatic rings. The van der Waals surface area contributed by atoms with Gasteiger partial charge < -0.3 is 20.8 Å². The molecule has 0 saturated heterocycles. The topological polar surface area (TPSA) is 147 Å². The Labute approximate surface area is 305 Å². The highest BCUT2D eigenvalue weighted by atomic mass is 16.3. The molecule has 53 heavy (non-hydrogen) atoms. The monoisotopic (exact) mass is 704 g/mol. The lowest BCUT2D eigenvalue weighted by Gasteiger charge is -2.37. The van der Waals surface area contributed by atoms with Crippen molar-refractivity contribution >= 4 is 35.0 Å². The molecule has 5 aliphatic rings. The predicted molar refractivity (Wildman–Crippen MR) is 194 cm³/mol. The molecule has 264 valence electrons. The average molecular weight is 705 g/mol. The van der Waals surface area contributed by atoms with Gasteiger partial charge in [0.2, 0.25) is 0 Å². The first-order chi connectivity index (χ1) is 25.4. The summed E-state index contributed by atoms with van der Waals surface area (Å²) in [6.45, 7) is 6.45. The number of imide groups is 2. The number of carbonyl (C=O) groups is 4. The Bertz CT molecular complexity index is 2370. The van der Waals surface area contributed by atoms with E-state index in [1.807, 2.05) is 56.3 Å². The molecule has 0 radical (unpaired) electrons. The maximum atomic E-state index is 13.5. The van der Waals surface area contributed by atoms with Crippen molar-refractivity contribution in [2.24, 2.45) is 0 Å². The van der Waals surface area contributed by atoms with E-state index in [1.165, 1.54) is 9.80 Å². The van der Waals surface area contributed by atoms with Crippen LogP contribution in [0.5, 0.6) is 0 Å². The number of hydrogen-bond acceptors (Lipinski definition) is 7. The van der Waals surface area contributed by atoms with Crippen LogP contribution < -0.4 is 15.7 Å². The fraction of sp³-hybridized carbons (Fsp3) is 0.209. The molecule has 10 nitrogen and oxygen atoms in total. The van der Waals surface area contributed by atoms with Crippen molar-refractivity contribution in [1.29, 1.82) is 0 Å². The Morgan fingerprint density at radius 1 is 0.792 bits per heavy atom. The van der Waals surface area contributed by atoms with Crippen LogP contribution in [0.25, 0.3) is 0 Å². The second-order valence-corrected chi connectivity index (χ2v) is 15.0. The summed E-state index contributed by atoms with van der Waals surface area (Å²) in [6, 6.07) is 25.3. The fourth-order valence-corrected chi connectivity index (χ4v) is 8.31. The van der Waals surface area contributed by atoms with E-state index in [-0.39, 0.29) is 54.4 Å². The van der Waals surface area contributed by atoms with Crippen molar-refractivity contribution in [3.8, 4) is 0 Å². The number of carbonyl (C=O) groups excluding carboxylic acids is 4. The molecule has 10 heteroatoms. The third-order valence-corrected chi connectivity index (χ3v) is 11.5. The second kappa shape index (κ2) is 11.7. The summed E-state index contributed by atoms with van der Waals surface area (Å²) in [4.78, 5) is 54.4. The Kier molecular flexibility index (Phi) is 7.24. The number of quaternary nitrogens is 1. The number of nitrogens with two attached hydrogens (primary N) is 1. The summed E-state index contributed by atoms with van der Waals surface area (Å²) >= 11 is 0. The van der Waals surface area contributed by atoms with Gasteiger partial charge in [-0.05, 0) is 82.5 Å². The van der Waals surface area contributed by atoms with Crippen LogP contribution in [0.15, 0.2) is 120 Å². The number of fused-ring (bicyclic) bond motifs is 4. The normalized spacial score (nSPS) is 23.8.